The van der Waals surface area contributed by atoms with Crippen molar-refractivity contribution >= 4 is 0 Å². The van der Waals surface area contributed by atoms with E-state index in [0.717, 1.165) is 12.0 Å². The number of hydrogen-bond donors (Lipinski definition) is 1. The van der Waals surface area contributed by atoms with Gasteiger partial charge in [0.15, 0.2) is 0 Å². The normalized spacial score (nSPS) is 12.2. The van der Waals surface area contributed by atoms with Crippen molar-refractivity contribution in [1.29, 1.82) is 0 Å². The van der Waals surface area contributed by atoms with Gasteiger partial charge in [-0.3, -0.25) is 0 Å². The highest BCUT2D eigenvalue weighted by molar-refractivity contribution is 5.38. The molecule has 0 saturated heterocycles. The fourth-order valence-corrected chi connectivity index (χ4v) is 2.46. The van der Waals surface area contributed by atoms with Crippen molar-refractivity contribution in [3.8, 4) is 5.88 Å². The minimum Gasteiger partial charge on any atom is -0.481 e. The van der Waals surface area contributed by atoms with Crippen LogP contribution in [-0.2, 0) is 6.42 Å². The van der Waals surface area contributed by atoms with Crippen LogP contribution < -0.4 is 10.1 Å². The van der Waals surface area contributed by atoms with Crippen molar-refractivity contribution in [2.24, 2.45) is 0 Å². The number of aryl methyl sites for hydroxylation is 1. The van der Waals surface area contributed by atoms with Gasteiger partial charge in [-0.15, -0.1) is 0 Å². The molecule has 3 heteroatoms. The van der Waals surface area contributed by atoms with Gasteiger partial charge in [-0.25, -0.2) is 4.98 Å². The van der Waals surface area contributed by atoms with Crippen LogP contribution in [0.2, 0.25) is 0 Å². The maximum atomic E-state index is 5.36. The van der Waals surface area contributed by atoms with Crippen molar-refractivity contribution in [3.05, 3.63) is 59.3 Å². The van der Waals surface area contributed by atoms with Gasteiger partial charge in [-0.05, 0) is 30.7 Å². The summed E-state index contributed by atoms with van der Waals surface area (Å²) in [5.41, 5.74) is 3.66. The van der Waals surface area contributed by atoms with E-state index in [1.165, 1.54) is 17.5 Å². The van der Waals surface area contributed by atoms with Crippen molar-refractivity contribution in [3.63, 3.8) is 0 Å². The van der Waals surface area contributed by atoms with Crippen molar-refractivity contribution in [2.45, 2.75) is 25.8 Å². The molecular formula is C17H22N2O. The molecule has 20 heavy (non-hydrogen) atoms. The zero-order chi connectivity index (χ0) is 14.4. The van der Waals surface area contributed by atoms with Crippen LogP contribution in [0.4, 0.5) is 0 Å². The Morgan fingerprint density at radius 2 is 1.95 bits per heavy atom. The molecule has 3 nitrogen and oxygen atoms in total. The van der Waals surface area contributed by atoms with E-state index < -0.39 is 0 Å². The molecule has 0 bridgehead atoms. The number of methoxy groups -OCH3 is 1. The molecule has 2 aromatic rings. The monoisotopic (exact) mass is 270 g/mol. The summed E-state index contributed by atoms with van der Waals surface area (Å²) in [7, 11) is 3.61. The second-order valence-electron chi connectivity index (χ2n) is 4.82. The van der Waals surface area contributed by atoms with Crippen LogP contribution in [0, 0.1) is 0 Å². The standard InChI is InChI=1S/C17H22N2O/c1-4-6-13-8-10-14(11-9-13)16(18-2)15-7-5-12-19-17(15)20-3/h5,7-12,16,18H,4,6H2,1-3H3. The lowest BCUT2D eigenvalue weighted by Gasteiger charge is -2.19. The Bertz CT molecular complexity index is 537. The largest absolute Gasteiger partial charge is 0.481 e. The van der Waals surface area contributed by atoms with E-state index in [0.29, 0.717) is 5.88 Å². The quantitative estimate of drug-likeness (QED) is 0.874. The summed E-state index contributed by atoms with van der Waals surface area (Å²) >= 11 is 0. The van der Waals surface area contributed by atoms with Gasteiger partial charge in [-0.1, -0.05) is 43.7 Å². The summed E-state index contributed by atoms with van der Waals surface area (Å²) in [4.78, 5) is 4.28. The Kier molecular flexibility index (Phi) is 5.13. The zero-order valence-corrected chi connectivity index (χ0v) is 12.4. The fraction of sp³-hybridized carbons (Fsp3) is 0.353. The molecule has 2 rings (SSSR count). The van der Waals surface area contributed by atoms with E-state index in [2.05, 4.69) is 41.5 Å². The third-order valence-corrected chi connectivity index (χ3v) is 3.45. The first-order chi connectivity index (χ1) is 9.80. The lowest BCUT2D eigenvalue weighted by Crippen LogP contribution is -2.18. The summed E-state index contributed by atoms with van der Waals surface area (Å²) in [5.74, 6) is 0.671. The topological polar surface area (TPSA) is 34.2 Å². The van der Waals surface area contributed by atoms with E-state index >= 15 is 0 Å². The summed E-state index contributed by atoms with van der Waals surface area (Å²) < 4.78 is 5.36. The second-order valence-corrected chi connectivity index (χ2v) is 4.82. The number of hydrogen-bond acceptors (Lipinski definition) is 3. The summed E-state index contributed by atoms with van der Waals surface area (Å²) in [5, 5.41) is 3.34. The molecule has 1 atom stereocenters. The predicted octanol–water partition coefficient (Wildman–Crippen LogP) is 3.35. The Labute approximate surface area is 121 Å². The number of aromatic nitrogens is 1. The Balaban J connectivity index is 2.31. The lowest BCUT2D eigenvalue weighted by atomic mass is 9.98. The summed E-state index contributed by atoms with van der Waals surface area (Å²) in [6, 6.07) is 12.8. The van der Waals surface area contributed by atoms with Gasteiger partial charge in [0.2, 0.25) is 5.88 Å². The predicted molar refractivity (Wildman–Crippen MR) is 82.1 cm³/mol. The van der Waals surface area contributed by atoms with Crippen molar-refractivity contribution in [2.75, 3.05) is 14.2 Å². The number of nitrogens with zero attached hydrogens (tertiary/aromatic N) is 1. The Morgan fingerprint density at radius 1 is 1.20 bits per heavy atom. The van der Waals surface area contributed by atoms with Crippen LogP contribution in [0.25, 0.3) is 0 Å². The van der Waals surface area contributed by atoms with Gasteiger partial charge in [0.1, 0.15) is 0 Å². The minimum absolute atomic E-state index is 0.0920. The number of pyridine rings is 1. The van der Waals surface area contributed by atoms with Crippen LogP contribution in [0.5, 0.6) is 5.88 Å². The van der Waals surface area contributed by atoms with Gasteiger partial charge in [-0.2, -0.15) is 0 Å². The van der Waals surface area contributed by atoms with Crippen LogP contribution in [0.15, 0.2) is 42.6 Å². The summed E-state index contributed by atoms with van der Waals surface area (Å²) in [6.45, 7) is 2.20. The number of benzene rings is 1. The Morgan fingerprint density at radius 3 is 2.55 bits per heavy atom. The third kappa shape index (κ3) is 3.17. The molecule has 0 amide bonds. The average Bonchev–Trinajstić information content (AvgIpc) is 2.50. The molecule has 106 valence electrons. The first-order valence-corrected chi connectivity index (χ1v) is 7.05. The molecule has 1 aromatic heterocycles. The average molecular weight is 270 g/mol. The molecular weight excluding hydrogens is 248 g/mol. The van der Waals surface area contributed by atoms with Gasteiger partial charge >= 0.3 is 0 Å². The minimum atomic E-state index is 0.0920. The molecule has 1 N–H and O–H groups in total. The van der Waals surface area contributed by atoms with Gasteiger partial charge in [0.25, 0.3) is 0 Å². The SMILES string of the molecule is CCCc1ccc(C(NC)c2cccnc2OC)cc1. The van der Waals surface area contributed by atoms with Gasteiger partial charge in [0.05, 0.1) is 13.2 Å². The van der Waals surface area contributed by atoms with Gasteiger partial charge in [0, 0.05) is 11.8 Å². The third-order valence-electron chi connectivity index (χ3n) is 3.45. The van der Waals surface area contributed by atoms with E-state index in [1.54, 1.807) is 13.3 Å². The first-order valence-electron chi connectivity index (χ1n) is 7.05. The number of rotatable bonds is 6. The van der Waals surface area contributed by atoms with Crippen molar-refractivity contribution < 1.29 is 4.74 Å². The molecule has 1 unspecified atom stereocenters. The highest BCUT2D eigenvalue weighted by Crippen LogP contribution is 2.28. The maximum Gasteiger partial charge on any atom is 0.218 e. The molecule has 0 spiro atoms. The van der Waals surface area contributed by atoms with E-state index in [1.807, 2.05) is 19.2 Å². The van der Waals surface area contributed by atoms with E-state index in [9.17, 15) is 0 Å². The zero-order valence-electron chi connectivity index (χ0n) is 12.4. The van der Waals surface area contributed by atoms with Crippen LogP contribution >= 0.6 is 0 Å². The van der Waals surface area contributed by atoms with E-state index in [-0.39, 0.29) is 6.04 Å². The van der Waals surface area contributed by atoms with Crippen LogP contribution in [-0.4, -0.2) is 19.1 Å². The van der Waals surface area contributed by atoms with Crippen LogP contribution in [0.1, 0.15) is 36.1 Å². The maximum absolute atomic E-state index is 5.36. The molecule has 1 heterocycles. The smallest absolute Gasteiger partial charge is 0.218 e. The van der Waals surface area contributed by atoms with Crippen LogP contribution in [0.3, 0.4) is 0 Å². The molecule has 0 fully saturated rings. The molecule has 1 aromatic carbocycles. The van der Waals surface area contributed by atoms with E-state index in [4.69, 9.17) is 4.74 Å². The Hall–Kier alpha value is -1.87. The summed E-state index contributed by atoms with van der Waals surface area (Å²) in [6.07, 6.45) is 4.05. The second kappa shape index (κ2) is 7.06. The fourth-order valence-electron chi connectivity index (χ4n) is 2.46. The highest BCUT2D eigenvalue weighted by Gasteiger charge is 2.16. The molecule has 0 aliphatic carbocycles. The highest BCUT2D eigenvalue weighted by atomic mass is 16.5. The molecule has 0 aliphatic heterocycles. The first kappa shape index (κ1) is 14.5. The lowest BCUT2D eigenvalue weighted by molar-refractivity contribution is 0.388. The number of ether oxygens (including phenoxy) is 1. The molecule has 0 radical (unpaired) electrons. The van der Waals surface area contributed by atoms with Gasteiger partial charge < -0.3 is 10.1 Å². The number of nitrogens with one attached hydrogen (secondary N) is 1. The molecule has 0 aliphatic rings. The molecule has 0 saturated carbocycles. The van der Waals surface area contributed by atoms with Crippen molar-refractivity contribution in [1.82, 2.24) is 10.3 Å².